The summed E-state index contributed by atoms with van der Waals surface area (Å²) in [6.07, 6.45) is -4.15. The molecule has 2 nitrogen and oxygen atoms in total. The maximum Gasteiger partial charge on any atom is 0.401 e. The molecular weight excluding hydrogens is 387 g/mol. The van der Waals surface area contributed by atoms with E-state index in [1.165, 1.54) is 11.0 Å². The third-order valence-electron chi connectivity index (χ3n) is 3.27. The molecule has 0 saturated carbocycles. The molecule has 0 unspecified atom stereocenters. The largest absolute Gasteiger partial charge is 0.401 e. The van der Waals surface area contributed by atoms with Crippen LogP contribution in [0, 0.1) is 9.39 Å². The fraction of sp³-hybridized carbons (Fsp3) is 0.538. The lowest BCUT2D eigenvalue weighted by atomic mass is 10.2. The van der Waals surface area contributed by atoms with Crippen LogP contribution in [0.2, 0.25) is 0 Å². The molecule has 0 radical (unpaired) electrons. The Balaban J connectivity index is 1.87. The topological polar surface area (TPSA) is 6.48 Å². The standard InChI is InChI=1S/C13H15F4IN2/c14-12-2-1-11(18)7-10(12)8-19-3-5-20(6-4-19)9-13(15,16)17/h1-2,7H,3-6,8-9H2. The zero-order chi connectivity index (χ0) is 14.8. The van der Waals surface area contributed by atoms with Crippen LogP contribution in [0.25, 0.3) is 0 Å². The zero-order valence-corrected chi connectivity index (χ0v) is 12.9. The van der Waals surface area contributed by atoms with E-state index < -0.39 is 12.7 Å². The van der Waals surface area contributed by atoms with E-state index in [2.05, 4.69) is 22.6 Å². The Bertz CT molecular complexity index is 456. The summed E-state index contributed by atoms with van der Waals surface area (Å²) in [6, 6.07) is 4.90. The highest BCUT2D eigenvalue weighted by atomic mass is 127. The van der Waals surface area contributed by atoms with Crippen LogP contribution < -0.4 is 0 Å². The molecule has 1 heterocycles. The minimum absolute atomic E-state index is 0.261. The molecule has 112 valence electrons. The number of hydrogen-bond donors (Lipinski definition) is 0. The Labute approximate surface area is 128 Å². The molecule has 0 bridgehead atoms. The Hall–Kier alpha value is -0.410. The number of halogens is 5. The van der Waals surface area contributed by atoms with E-state index in [-0.39, 0.29) is 5.82 Å². The van der Waals surface area contributed by atoms with E-state index in [9.17, 15) is 17.6 Å². The smallest absolute Gasteiger partial charge is 0.296 e. The third kappa shape index (κ3) is 4.85. The summed E-state index contributed by atoms with van der Waals surface area (Å²) in [6.45, 7) is 1.37. The van der Waals surface area contributed by atoms with Gasteiger partial charge in [-0.1, -0.05) is 0 Å². The summed E-state index contributed by atoms with van der Waals surface area (Å²) in [4.78, 5) is 3.38. The predicted molar refractivity (Wildman–Crippen MR) is 76.9 cm³/mol. The highest BCUT2D eigenvalue weighted by Gasteiger charge is 2.32. The van der Waals surface area contributed by atoms with Gasteiger partial charge < -0.3 is 0 Å². The first-order valence-corrected chi connectivity index (χ1v) is 7.37. The van der Waals surface area contributed by atoms with Gasteiger partial charge in [-0.25, -0.2) is 4.39 Å². The molecule has 1 aromatic carbocycles. The van der Waals surface area contributed by atoms with Crippen molar-refractivity contribution in [3.05, 3.63) is 33.1 Å². The van der Waals surface area contributed by atoms with Crippen LogP contribution in [0.3, 0.4) is 0 Å². The monoisotopic (exact) mass is 402 g/mol. The van der Waals surface area contributed by atoms with Crippen molar-refractivity contribution in [3.63, 3.8) is 0 Å². The van der Waals surface area contributed by atoms with E-state index in [1.807, 2.05) is 4.90 Å². The summed E-state index contributed by atoms with van der Waals surface area (Å²) in [7, 11) is 0. The van der Waals surface area contributed by atoms with Gasteiger partial charge in [-0.15, -0.1) is 0 Å². The van der Waals surface area contributed by atoms with Gasteiger partial charge in [-0.2, -0.15) is 13.2 Å². The summed E-state index contributed by atoms with van der Waals surface area (Å²) >= 11 is 2.12. The minimum Gasteiger partial charge on any atom is -0.296 e. The molecule has 0 atom stereocenters. The fourth-order valence-corrected chi connectivity index (χ4v) is 2.82. The molecule has 1 aromatic rings. The molecule has 0 spiro atoms. The summed E-state index contributed by atoms with van der Waals surface area (Å²) in [5, 5.41) is 0. The maximum atomic E-state index is 13.6. The van der Waals surface area contributed by atoms with Gasteiger partial charge in [-0.05, 0) is 40.8 Å². The summed E-state index contributed by atoms with van der Waals surface area (Å²) < 4.78 is 51.4. The van der Waals surface area contributed by atoms with Gasteiger partial charge in [0.1, 0.15) is 5.82 Å². The molecule has 1 fully saturated rings. The second-order valence-electron chi connectivity index (χ2n) is 4.90. The third-order valence-corrected chi connectivity index (χ3v) is 3.94. The molecule has 7 heteroatoms. The van der Waals surface area contributed by atoms with Crippen LogP contribution in [0.15, 0.2) is 18.2 Å². The molecule has 20 heavy (non-hydrogen) atoms. The second-order valence-corrected chi connectivity index (χ2v) is 6.15. The lowest BCUT2D eigenvalue weighted by Gasteiger charge is -2.35. The number of nitrogens with zero attached hydrogens (tertiary/aromatic N) is 2. The number of alkyl halides is 3. The second kappa shape index (κ2) is 6.57. The van der Waals surface area contributed by atoms with Gasteiger partial charge in [0.05, 0.1) is 6.54 Å². The highest BCUT2D eigenvalue weighted by Crippen LogP contribution is 2.19. The Kier molecular flexibility index (Phi) is 5.25. The quantitative estimate of drug-likeness (QED) is 0.567. The Morgan fingerprint density at radius 3 is 2.25 bits per heavy atom. The van der Waals surface area contributed by atoms with E-state index >= 15 is 0 Å². The molecule has 1 saturated heterocycles. The van der Waals surface area contributed by atoms with Gasteiger partial charge in [-0.3, -0.25) is 9.80 Å². The lowest BCUT2D eigenvalue weighted by molar-refractivity contribution is -0.149. The van der Waals surface area contributed by atoms with Crippen LogP contribution in [0.1, 0.15) is 5.56 Å². The number of piperazine rings is 1. The van der Waals surface area contributed by atoms with Crippen LogP contribution in [0.5, 0.6) is 0 Å². The van der Waals surface area contributed by atoms with Crippen molar-refractivity contribution in [1.82, 2.24) is 9.80 Å². The summed E-state index contributed by atoms with van der Waals surface area (Å²) in [5.41, 5.74) is 0.598. The molecule has 1 aliphatic rings. The Morgan fingerprint density at radius 1 is 1.05 bits per heavy atom. The first-order chi connectivity index (χ1) is 9.33. The van der Waals surface area contributed by atoms with Gasteiger partial charge >= 0.3 is 6.18 Å². The van der Waals surface area contributed by atoms with Crippen molar-refractivity contribution in [3.8, 4) is 0 Å². The van der Waals surface area contributed by atoms with E-state index in [1.54, 1.807) is 12.1 Å². The van der Waals surface area contributed by atoms with Crippen molar-refractivity contribution in [2.45, 2.75) is 12.7 Å². The van der Waals surface area contributed by atoms with Crippen LogP contribution in [-0.4, -0.2) is 48.7 Å². The van der Waals surface area contributed by atoms with Gasteiger partial charge in [0.15, 0.2) is 0 Å². The SMILES string of the molecule is Fc1ccc(I)cc1CN1CCN(CC(F)(F)F)CC1. The number of benzene rings is 1. The molecular formula is C13H15F4IN2. The fourth-order valence-electron chi connectivity index (χ4n) is 2.26. The van der Waals surface area contributed by atoms with Gasteiger partial charge in [0, 0.05) is 41.9 Å². The van der Waals surface area contributed by atoms with Crippen molar-refractivity contribution in [2.75, 3.05) is 32.7 Å². The van der Waals surface area contributed by atoms with Crippen LogP contribution >= 0.6 is 22.6 Å². The van der Waals surface area contributed by atoms with Crippen molar-refractivity contribution < 1.29 is 17.6 Å². The van der Waals surface area contributed by atoms with Gasteiger partial charge in [0.25, 0.3) is 0 Å². The number of hydrogen-bond acceptors (Lipinski definition) is 2. The first kappa shape index (κ1) is 16.0. The number of rotatable bonds is 3. The van der Waals surface area contributed by atoms with Crippen molar-refractivity contribution >= 4 is 22.6 Å². The molecule has 0 N–H and O–H groups in total. The lowest BCUT2D eigenvalue weighted by Crippen LogP contribution is -2.48. The molecule has 2 rings (SSSR count). The van der Waals surface area contributed by atoms with Crippen molar-refractivity contribution in [2.24, 2.45) is 0 Å². The normalized spacial score (nSPS) is 18.4. The van der Waals surface area contributed by atoms with Crippen LogP contribution in [0.4, 0.5) is 17.6 Å². The van der Waals surface area contributed by atoms with Crippen LogP contribution in [-0.2, 0) is 6.54 Å². The predicted octanol–water partition coefficient (Wildman–Crippen LogP) is 3.11. The summed E-state index contributed by atoms with van der Waals surface area (Å²) in [5.74, 6) is -0.261. The molecule has 1 aliphatic heterocycles. The minimum atomic E-state index is -4.15. The van der Waals surface area contributed by atoms with E-state index in [0.29, 0.717) is 38.3 Å². The maximum absolute atomic E-state index is 13.6. The van der Waals surface area contributed by atoms with Crippen molar-refractivity contribution in [1.29, 1.82) is 0 Å². The zero-order valence-electron chi connectivity index (χ0n) is 10.8. The van der Waals surface area contributed by atoms with E-state index in [0.717, 1.165) is 3.57 Å². The molecule has 0 aromatic heterocycles. The highest BCUT2D eigenvalue weighted by molar-refractivity contribution is 14.1. The Morgan fingerprint density at radius 2 is 1.65 bits per heavy atom. The average Bonchev–Trinajstić information content (AvgIpc) is 2.34. The average molecular weight is 402 g/mol. The molecule has 0 aliphatic carbocycles. The molecule has 0 amide bonds. The first-order valence-electron chi connectivity index (χ1n) is 6.29. The van der Waals surface area contributed by atoms with E-state index in [4.69, 9.17) is 0 Å². The van der Waals surface area contributed by atoms with Gasteiger partial charge in [0.2, 0.25) is 0 Å².